The van der Waals surface area contributed by atoms with Crippen LogP contribution in [0.5, 0.6) is 0 Å². The molecule has 1 aliphatic heterocycles. The topological polar surface area (TPSA) is 62.1 Å². The largest absolute Gasteiger partial charge is 0.461 e. The predicted octanol–water partition coefficient (Wildman–Crippen LogP) is 3.24. The van der Waals surface area contributed by atoms with E-state index in [9.17, 15) is 4.79 Å². The number of benzene rings is 1. The number of fused-ring (bicyclic) bond motifs is 1. The van der Waals surface area contributed by atoms with Crippen LogP contribution in [0.4, 0.5) is 0 Å². The average Bonchev–Trinajstić information content (AvgIpc) is 3.10. The van der Waals surface area contributed by atoms with Gasteiger partial charge in [-0.1, -0.05) is 23.7 Å². The highest BCUT2D eigenvalue weighted by molar-refractivity contribution is 6.30. The van der Waals surface area contributed by atoms with Gasteiger partial charge >= 0.3 is 0 Å². The van der Waals surface area contributed by atoms with Gasteiger partial charge in [-0.05, 0) is 29.8 Å². The monoisotopic (exact) mass is 341 g/mol. The lowest BCUT2D eigenvalue weighted by molar-refractivity contribution is 0.242. The maximum absolute atomic E-state index is 12.4. The number of nitrogens with one attached hydrogen (secondary N) is 1. The maximum Gasteiger partial charge on any atom is 0.256 e. The molecule has 0 amide bonds. The van der Waals surface area contributed by atoms with E-state index < -0.39 is 0 Å². The summed E-state index contributed by atoms with van der Waals surface area (Å²) in [6, 6.07) is 11.4. The number of furan rings is 1. The van der Waals surface area contributed by atoms with E-state index in [2.05, 4.69) is 14.9 Å². The van der Waals surface area contributed by atoms with E-state index >= 15 is 0 Å². The summed E-state index contributed by atoms with van der Waals surface area (Å²) in [5.41, 5.74) is 2.64. The molecular weight excluding hydrogens is 326 g/mol. The zero-order valence-electron chi connectivity index (χ0n) is 13.0. The molecule has 3 heterocycles. The van der Waals surface area contributed by atoms with Crippen LogP contribution in [0.2, 0.25) is 5.02 Å². The van der Waals surface area contributed by atoms with Crippen LogP contribution in [0.25, 0.3) is 11.6 Å². The fraction of sp³-hybridized carbons (Fsp3) is 0.222. The van der Waals surface area contributed by atoms with Crippen LogP contribution >= 0.6 is 11.6 Å². The Labute approximate surface area is 143 Å². The van der Waals surface area contributed by atoms with Crippen molar-refractivity contribution >= 4 is 11.6 Å². The van der Waals surface area contributed by atoms with Crippen molar-refractivity contribution in [2.75, 3.05) is 6.54 Å². The molecule has 0 aliphatic carbocycles. The highest BCUT2D eigenvalue weighted by Gasteiger charge is 2.22. The molecule has 6 heteroatoms. The van der Waals surface area contributed by atoms with E-state index in [-0.39, 0.29) is 5.56 Å². The number of aromatic amines is 1. The van der Waals surface area contributed by atoms with Gasteiger partial charge in [0, 0.05) is 31.1 Å². The lowest BCUT2D eigenvalue weighted by Gasteiger charge is -2.27. The number of nitrogens with zero attached hydrogens (tertiary/aromatic N) is 2. The quantitative estimate of drug-likeness (QED) is 0.794. The molecule has 24 heavy (non-hydrogen) atoms. The maximum atomic E-state index is 12.4. The molecule has 1 N–H and O–H groups in total. The van der Waals surface area contributed by atoms with Gasteiger partial charge in [-0.2, -0.15) is 0 Å². The van der Waals surface area contributed by atoms with Crippen molar-refractivity contribution in [3.8, 4) is 11.6 Å². The molecule has 3 aromatic rings. The first-order chi connectivity index (χ1) is 11.7. The molecule has 122 valence electrons. The third-order valence-electron chi connectivity index (χ3n) is 4.20. The van der Waals surface area contributed by atoms with Crippen LogP contribution in [-0.4, -0.2) is 21.4 Å². The number of hydrogen-bond donors (Lipinski definition) is 1. The van der Waals surface area contributed by atoms with Gasteiger partial charge in [-0.25, -0.2) is 4.98 Å². The number of aromatic nitrogens is 2. The summed E-state index contributed by atoms with van der Waals surface area (Å²) in [6.07, 6.45) is 2.31. The third-order valence-corrected chi connectivity index (χ3v) is 4.43. The Balaban J connectivity index is 1.58. The first-order valence-electron chi connectivity index (χ1n) is 7.82. The zero-order chi connectivity index (χ0) is 16.5. The van der Waals surface area contributed by atoms with Crippen LogP contribution in [0.3, 0.4) is 0 Å². The van der Waals surface area contributed by atoms with Crippen molar-refractivity contribution in [1.82, 2.24) is 14.9 Å². The Morgan fingerprint density at radius 3 is 3.00 bits per heavy atom. The Morgan fingerprint density at radius 2 is 2.21 bits per heavy atom. The van der Waals surface area contributed by atoms with Gasteiger partial charge in [0.1, 0.15) is 0 Å². The van der Waals surface area contributed by atoms with Crippen molar-refractivity contribution in [3.63, 3.8) is 0 Å². The van der Waals surface area contributed by atoms with Gasteiger partial charge in [-0.3, -0.25) is 9.69 Å². The standard InChI is InChI=1S/C18H16ClN3O2/c19-13-4-1-3-12(9-13)10-22-7-6-15-14(11-22)18(23)21-17(20-15)16-5-2-8-24-16/h1-5,8-9H,6-7,10-11H2,(H,20,21,23). The van der Waals surface area contributed by atoms with E-state index in [1.54, 1.807) is 18.4 Å². The minimum Gasteiger partial charge on any atom is -0.461 e. The SMILES string of the molecule is O=c1[nH]c(-c2ccco2)nc2c1CN(Cc1cccc(Cl)c1)CC2. The summed E-state index contributed by atoms with van der Waals surface area (Å²) in [5, 5.41) is 0.729. The molecule has 5 nitrogen and oxygen atoms in total. The number of halogens is 1. The minimum atomic E-state index is -0.0952. The average molecular weight is 342 g/mol. The smallest absolute Gasteiger partial charge is 0.256 e. The Hall–Kier alpha value is -2.37. The van der Waals surface area contributed by atoms with Crippen molar-refractivity contribution in [3.05, 3.63) is 74.9 Å². The van der Waals surface area contributed by atoms with Gasteiger partial charge in [0.2, 0.25) is 0 Å². The van der Waals surface area contributed by atoms with Crippen molar-refractivity contribution in [2.24, 2.45) is 0 Å². The fourth-order valence-corrected chi connectivity index (χ4v) is 3.25. The number of rotatable bonds is 3. The van der Waals surface area contributed by atoms with E-state index in [0.717, 1.165) is 41.4 Å². The molecule has 0 saturated heterocycles. The molecule has 0 spiro atoms. The summed E-state index contributed by atoms with van der Waals surface area (Å²) >= 11 is 6.04. The summed E-state index contributed by atoms with van der Waals surface area (Å²) in [7, 11) is 0. The lowest BCUT2D eigenvalue weighted by atomic mass is 10.1. The highest BCUT2D eigenvalue weighted by Crippen LogP contribution is 2.21. The highest BCUT2D eigenvalue weighted by atomic mass is 35.5. The molecule has 1 aromatic carbocycles. The summed E-state index contributed by atoms with van der Waals surface area (Å²) in [4.78, 5) is 22.1. The summed E-state index contributed by atoms with van der Waals surface area (Å²) < 4.78 is 5.32. The normalized spacial score (nSPS) is 14.5. The number of H-pyrrole nitrogens is 1. The molecule has 2 aromatic heterocycles. The Morgan fingerprint density at radius 1 is 1.29 bits per heavy atom. The Kier molecular flexibility index (Phi) is 3.96. The molecule has 0 fully saturated rings. The molecule has 0 atom stereocenters. The molecule has 0 radical (unpaired) electrons. The van der Waals surface area contributed by atoms with Crippen LogP contribution in [0.1, 0.15) is 16.8 Å². The van der Waals surface area contributed by atoms with Gasteiger partial charge in [-0.15, -0.1) is 0 Å². The zero-order valence-corrected chi connectivity index (χ0v) is 13.7. The van der Waals surface area contributed by atoms with Crippen molar-refractivity contribution in [2.45, 2.75) is 19.5 Å². The second-order valence-corrected chi connectivity index (χ2v) is 6.34. The first kappa shape index (κ1) is 15.2. The summed E-state index contributed by atoms with van der Waals surface area (Å²) in [5.74, 6) is 1.07. The molecular formula is C18H16ClN3O2. The van der Waals surface area contributed by atoms with Crippen LogP contribution in [0, 0.1) is 0 Å². The molecule has 4 rings (SSSR count). The van der Waals surface area contributed by atoms with E-state index in [4.69, 9.17) is 16.0 Å². The minimum absolute atomic E-state index is 0.0952. The second-order valence-electron chi connectivity index (χ2n) is 5.91. The third kappa shape index (κ3) is 3.00. The van der Waals surface area contributed by atoms with E-state index in [0.29, 0.717) is 18.1 Å². The lowest BCUT2D eigenvalue weighted by Crippen LogP contribution is -2.35. The number of hydrogen-bond acceptors (Lipinski definition) is 4. The van der Waals surface area contributed by atoms with Gasteiger partial charge < -0.3 is 9.40 Å². The van der Waals surface area contributed by atoms with Crippen molar-refractivity contribution < 1.29 is 4.42 Å². The van der Waals surface area contributed by atoms with Crippen LogP contribution in [-0.2, 0) is 19.5 Å². The van der Waals surface area contributed by atoms with Gasteiger partial charge in [0.25, 0.3) is 5.56 Å². The van der Waals surface area contributed by atoms with Crippen LogP contribution in [0.15, 0.2) is 51.9 Å². The molecule has 1 aliphatic rings. The van der Waals surface area contributed by atoms with Gasteiger partial charge in [0.15, 0.2) is 11.6 Å². The Bertz CT molecular complexity index is 918. The summed E-state index contributed by atoms with van der Waals surface area (Å²) in [6.45, 7) is 2.20. The van der Waals surface area contributed by atoms with E-state index in [1.165, 1.54) is 0 Å². The molecule has 0 unspecified atom stereocenters. The van der Waals surface area contributed by atoms with Crippen molar-refractivity contribution in [1.29, 1.82) is 0 Å². The van der Waals surface area contributed by atoms with E-state index in [1.807, 2.05) is 24.3 Å². The first-order valence-corrected chi connectivity index (χ1v) is 8.19. The second kappa shape index (κ2) is 6.26. The molecule has 0 bridgehead atoms. The van der Waals surface area contributed by atoms with Crippen LogP contribution < -0.4 is 5.56 Å². The fourth-order valence-electron chi connectivity index (χ4n) is 3.04. The van der Waals surface area contributed by atoms with Gasteiger partial charge in [0.05, 0.1) is 17.5 Å². The molecule has 0 saturated carbocycles. The predicted molar refractivity (Wildman–Crippen MR) is 91.8 cm³/mol.